The second-order valence-electron chi connectivity index (χ2n) is 5.38. The van der Waals surface area contributed by atoms with Gasteiger partial charge in [-0.05, 0) is 31.5 Å². The van der Waals surface area contributed by atoms with Crippen molar-refractivity contribution in [2.45, 2.75) is 33.1 Å². The van der Waals surface area contributed by atoms with Crippen molar-refractivity contribution in [1.29, 1.82) is 0 Å². The molecule has 0 aliphatic heterocycles. The molecule has 1 heterocycles. The lowest BCUT2D eigenvalue weighted by Gasteiger charge is -2.16. The van der Waals surface area contributed by atoms with Crippen LogP contribution in [0.25, 0.3) is 0 Å². The third kappa shape index (κ3) is 8.35. The topological polar surface area (TPSA) is 78.8 Å². The minimum absolute atomic E-state index is 0. The predicted molar refractivity (Wildman–Crippen MR) is 113 cm³/mol. The number of aliphatic hydroxyl groups is 1. The summed E-state index contributed by atoms with van der Waals surface area (Å²) in [6, 6.07) is 5.90. The Morgan fingerprint density at radius 3 is 2.56 bits per heavy atom. The third-order valence-corrected chi connectivity index (χ3v) is 4.26. The number of hydrogen-bond acceptors (Lipinski definition) is 5. The molecule has 1 aromatic heterocycles. The van der Waals surface area contributed by atoms with E-state index in [1.807, 2.05) is 13.8 Å². The summed E-state index contributed by atoms with van der Waals surface area (Å²) >= 11 is 1.59. The molecule has 150 valence electrons. The summed E-state index contributed by atoms with van der Waals surface area (Å²) in [5.41, 5.74) is 0.591. The van der Waals surface area contributed by atoms with Gasteiger partial charge in [0.1, 0.15) is 5.75 Å². The highest BCUT2D eigenvalue weighted by molar-refractivity contribution is 14.0. The zero-order valence-electron chi connectivity index (χ0n) is 15.0. The molecule has 10 heteroatoms. The number of hydrogen-bond donors (Lipinski definition) is 3. The maximum absolute atomic E-state index is 12.2. The first-order valence-corrected chi connectivity index (χ1v) is 8.96. The first-order valence-electron chi connectivity index (χ1n) is 8.14. The largest absolute Gasteiger partial charge is 0.435 e. The van der Waals surface area contributed by atoms with Gasteiger partial charge in [-0.2, -0.15) is 8.78 Å². The molecule has 6 nitrogen and oxygen atoms in total. The Bertz CT molecular complexity index is 713. The standard InChI is InChI=1S/C17H22F2N4O2S.HI/c1-3-20-17(22-9-14-8-21-11(2)26-14)23-10-15(24)12-4-6-13(7-5-12)25-16(18)19;/h4-8,15-16,24H,3,9-10H2,1-2H3,(H2,20,22,23);1H. The lowest BCUT2D eigenvalue weighted by Crippen LogP contribution is -2.39. The van der Waals surface area contributed by atoms with Gasteiger partial charge in [-0.15, -0.1) is 35.3 Å². The van der Waals surface area contributed by atoms with Crippen LogP contribution in [0.2, 0.25) is 0 Å². The molecule has 3 N–H and O–H groups in total. The summed E-state index contributed by atoms with van der Waals surface area (Å²) < 4.78 is 28.6. The van der Waals surface area contributed by atoms with E-state index in [4.69, 9.17) is 0 Å². The third-order valence-electron chi connectivity index (χ3n) is 3.36. The maximum atomic E-state index is 12.2. The maximum Gasteiger partial charge on any atom is 0.387 e. The Labute approximate surface area is 178 Å². The number of nitrogens with zero attached hydrogens (tertiary/aromatic N) is 2. The fourth-order valence-electron chi connectivity index (χ4n) is 2.16. The Morgan fingerprint density at radius 1 is 1.30 bits per heavy atom. The molecule has 0 aliphatic carbocycles. The summed E-state index contributed by atoms with van der Waals surface area (Å²) in [5, 5.41) is 17.4. The van der Waals surface area contributed by atoms with Crippen molar-refractivity contribution in [2.75, 3.05) is 13.1 Å². The molecule has 0 saturated heterocycles. The van der Waals surface area contributed by atoms with E-state index in [2.05, 4.69) is 25.3 Å². The molecule has 1 unspecified atom stereocenters. The van der Waals surface area contributed by atoms with Crippen LogP contribution in [0.3, 0.4) is 0 Å². The molecule has 2 aromatic rings. The summed E-state index contributed by atoms with van der Waals surface area (Å²) in [6.45, 7) is 2.43. The van der Waals surface area contributed by atoms with Crippen LogP contribution in [0.5, 0.6) is 5.75 Å². The molecule has 27 heavy (non-hydrogen) atoms. The molecule has 0 radical (unpaired) electrons. The van der Waals surface area contributed by atoms with E-state index in [0.29, 0.717) is 24.6 Å². The number of aromatic nitrogens is 1. The van der Waals surface area contributed by atoms with Gasteiger partial charge in [-0.3, -0.25) is 0 Å². The van der Waals surface area contributed by atoms with Crippen LogP contribution in [0.1, 0.15) is 28.5 Å². The van der Waals surface area contributed by atoms with Crippen LogP contribution in [-0.4, -0.2) is 35.8 Å². The summed E-state index contributed by atoms with van der Waals surface area (Å²) in [4.78, 5) is 9.70. The second kappa shape index (κ2) is 12.0. The average Bonchev–Trinajstić information content (AvgIpc) is 3.02. The van der Waals surface area contributed by atoms with E-state index in [-0.39, 0.29) is 36.3 Å². The van der Waals surface area contributed by atoms with Crippen molar-refractivity contribution in [3.63, 3.8) is 0 Å². The molecule has 0 amide bonds. The van der Waals surface area contributed by atoms with E-state index in [1.165, 1.54) is 12.1 Å². The molecule has 0 saturated carbocycles. The molecular formula is C17H23F2IN4O2S. The van der Waals surface area contributed by atoms with Crippen molar-refractivity contribution < 1.29 is 18.6 Å². The quantitative estimate of drug-likeness (QED) is 0.287. The van der Waals surface area contributed by atoms with Crippen LogP contribution in [0.15, 0.2) is 35.5 Å². The number of aryl methyl sites for hydroxylation is 1. The highest BCUT2D eigenvalue weighted by atomic mass is 127. The number of guanidine groups is 1. The monoisotopic (exact) mass is 512 g/mol. The normalized spacial score (nSPS) is 12.4. The van der Waals surface area contributed by atoms with Crippen molar-refractivity contribution in [1.82, 2.24) is 15.6 Å². The first kappa shape index (κ1) is 23.5. The SMILES string of the molecule is CCNC(=NCc1cnc(C)s1)NCC(O)c1ccc(OC(F)F)cc1.I. The van der Waals surface area contributed by atoms with E-state index in [1.54, 1.807) is 29.7 Å². The molecule has 2 rings (SSSR count). The fourth-order valence-corrected chi connectivity index (χ4v) is 2.88. The predicted octanol–water partition coefficient (Wildman–Crippen LogP) is 3.46. The van der Waals surface area contributed by atoms with E-state index in [9.17, 15) is 13.9 Å². The number of alkyl halides is 2. The van der Waals surface area contributed by atoms with Gasteiger partial charge in [0.2, 0.25) is 0 Å². The van der Waals surface area contributed by atoms with Crippen LogP contribution in [-0.2, 0) is 6.54 Å². The Morgan fingerprint density at radius 2 is 2.00 bits per heavy atom. The van der Waals surface area contributed by atoms with Gasteiger partial charge in [0.25, 0.3) is 0 Å². The summed E-state index contributed by atoms with van der Waals surface area (Å²) in [6.07, 6.45) is 0.982. The molecule has 0 bridgehead atoms. The summed E-state index contributed by atoms with van der Waals surface area (Å²) in [5.74, 6) is 0.633. The molecule has 1 atom stereocenters. The highest BCUT2D eigenvalue weighted by Gasteiger charge is 2.10. The Kier molecular flexibility index (Phi) is 10.5. The summed E-state index contributed by atoms with van der Waals surface area (Å²) in [7, 11) is 0. The lowest BCUT2D eigenvalue weighted by atomic mass is 10.1. The van der Waals surface area contributed by atoms with Gasteiger partial charge < -0.3 is 20.5 Å². The molecular weight excluding hydrogens is 489 g/mol. The first-order chi connectivity index (χ1) is 12.5. The number of halogens is 3. The number of nitrogens with one attached hydrogen (secondary N) is 2. The van der Waals surface area contributed by atoms with Crippen molar-refractivity contribution >= 4 is 41.3 Å². The van der Waals surface area contributed by atoms with Crippen molar-refractivity contribution in [3.05, 3.63) is 45.9 Å². The van der Waals surface area contributed by atoms with Crippen LogP contribution < -0.4 is 15.4 Å². The molecule has 1 aromatic carbocycles. The molecule has 0 fully saturated rings. The zero-order chi connectivity index (χ0) is 18.9. The number of ether oxygens (including phenoxy) is 1. The van der Waals surface area contributed by atoms with Gasteiger partial charge in [0, 0.05) is 24.2 Å². The smallest absolute Gasteiger partial charge is 0.387 e. The van der Waals surface area contributed by atoms with Crippen LogP contribution in [0.4, 0.5) is 8.78 Å². The zero-order valence-corrected chi connectivity index (χ0v) is 18.1. The van der Waals surface area contributed by atoms with E-state index < -0.39 is 12.7 Å². The van der Waals surface area contributed by atoms with Gasteiger partial charge in [0.05, 0.1) is 17.7 Å². The van der Waals surface area contributed by atoms with Crippen LogP contribution >= 0.6 is 35.3 Å². The van der Waals surface area contributed by atoms with Crippen LogP contribution in [0, 0.1) is 6.92 Å². The van der Waals surface area contributed by atoms with Crippen molar-refractivity contribution in [2.24, 2.45) is 4.99 Å². The number of rotatable bonds is 8. The number of thiazole rings is 1. The van der Waals surface area contributed by atoms with Gasteiger partial charge in [0.15, 0.2) is 5.96 Å². The highest BCUT2D eigenvalue weighted by Crippen LogP contribution is 2.19. The lowest BCUT2D eigenvalue weighted by molar-refractivity contribution is -0.0498. The molecule has 0 aliphatic rings. The molecule has 0 spiro atoms. The minimum atomic E-state index is -2.87. The second-order valence-corrected chi connectivity index (χ2v) is 6.70. The minimum Gasteiger partial charge on any atom is -0.435 e. The van der Waals surface area contributed by atoms with Crippen molar-refractivity contribution in [3.8, 4) is 5.75 Å². The van der Waals surface area contributed by atoms with Gasteiger partial charge in [-0.1, -0.05) is 12.1 Å². The van der Waals surface area contributed by atoms with E-state index in [0.717, 1.165) is 9.88 Å². The number of benzene rings is 1. The van der Waals surface area contributed by atoms with E-state index >= 15 is 0 Å². The average molecular weight is 512 g/mol. The Hall–Kier alpha value is -1.53. The van der Waals surface area contributed by atoms with Gasteiger partial charge in [-0.25, -0.2) is 9.98 Å². The van der Waals surface area contributed by atoms with Gasteiger partial charge >= 0.3 is 6.61 Å². The number of aliphatic hydroxyl groups excluding tert-OH is 1. The Balaban J connectivity index is 0.00000364. The fraction of sp³-hybridized carbons (Fsp3) is 0.412. The number of aliphatic imine (C=N–C) groups is 1.